The number of aliphatic imine (C=N–C) groups is 1. The molecule has 4 nitrogen and oxygen atoms in total. The molecular formula is C23H25FN4. The van der Waals surface area contributed by atoms with Crippen molar-refractivity contribution in [2.45, 2.75) is 51.5 Å². The minimum atomic E-state index is -0.169. The Morgan fingerprint density at radius 3 is 2.86 bits per heavy atom. The topological polar surface area (TPSA) is 46.0 Å². The number of halogens is 1. The Balaban J connectivity index is 1.70. The molecule has 144 valence electrons. The third-order valence-corrected chi connectivity index (χ3v) is 6.13. The van der Waals surface area contributed by atoms with E-state index in [2.05, 4.69) is 20.6 Å². The van der Waals surface area contributed by atoms with Crippen LogP contribution in [0.1, 0.15) is 50.5 Å². The van der Waals surface area contributed by atoms with E-state index in [4.69, 9.17) is 4.98 Å². The monoisotopic (exact) mass is 376 g/mol. The number of hydrogen-bond donors (Lipinski definition) is 1. The summed E-state index contributed by atoms with van der Waals surface area (Å²) in [7, 11) is 0. The highest BCUT2D eigenvalue weighted by Gasteiger charge is 2.19. The molecule has 2 aliphatic carbocycles. The fourth-order valence-electron chi connectivity index (χ4n) is 4.69. The maximum Gasteiger partial charge on any atom is 0.137 e. The molecule has 1 aliphatic heterocycles. The van der Waals surface area contributed by atoms with Crippen molar-refractivity contribution < 1.29 is 4.39 Å². The zero-order valence-corrected chi connectivity index (χ0v) is 16.0. The predicted molar refractivity (Wildman–Crippen MR) is 110 cm³/mol. The maximum atomic E-state index is 13.5. The molecule has 1 N–H and O–H groups in total. The molecule has 5 rings (SSSR count). The van der Waals surface area contributed by atoms with Crippen LogP contribution in [-0.4, -0.2) is 20.7 Å². The molecule has 0 amide bonds. The van der Waals surface area contributed by atoms with Crippen molar-refractivity contribution in [2.24, 2.45) is 10.9 Å². The van der Waals surface area contributed by atoms with E-state index in [-0.39, 0.29) is 5.83 Å². The van der Waals surface area contributed by atoms with E-state index < -0.39 is 0 Å². The van der Waals surface area contributed by atoms with E-state index in [0.717, 1.165) is 35.3 Å². The van der Waals surface area contributed by atoms with Crippen LogP contribution >= 0.6 is 0 Å². The van der Waals surface area contributed by atoms with Crippen LogP contribution in [0, 0.1) is 5.92 Å². The molecule has 3 aliphatic rings. The summed E-state index contributed by atoms with van der Waals surface area (Å²) in [6.07, 6.45) is 18.9. The lowest BCUT2D eigenvalue weighted by Crippen LogP contribution is -2.36. The maximum absolute atomic E-state index is 13.5. The standard InChI is InChI=1S/C23H25FN4/c24-18-8-6-17(7-9-18)21-22(19-10-12-25-23-20(19)11-13-26-23)28(15-27-21)14-16-4-2-1-3-5-16/h6,8-9,11-13,15-16,26H,1-5,7,10,14H2. The molecular weight excluding hydrogens is 351 g/mol. The normalized spacial score (nSPS) is 23.7. The number of nitrogens with zero attached hydrogens (tertiary/aromatic N) is 3. The van der Waals surface area contributed by atoms with Crippen molar-refractivity contribution in [3.05, 3.63) is 58.9 Å². The van der Waals surface area contributed by atoms with Crippen molar-refractivity contribution in [3.8, 4) is 0 Å². The van der Waals surface area contributed by atoms with Crippen LogP contribution < -0.4 is 10.7 Å². The van der Waals surface area contributed by atoms with Gasteiger partial charge in [-0.05, 0) is 54.5 Å². The summed E-state index contributed by atoms with van der Waals surface area (Å²) in [6, 6.07) is 2.10. The first-order chi connectivity index (χ1) is 13.8. The summed E-state index contributed by atoms with van der Waals surface area (Å²) in [6.45, 7) is 1.00. The van der Waals surface area contributed by atoms with E-state index in [1.165, 1.54) is 49.1 Å². The fraction of sp³-hybridized carbons (Fsp3) is 0.391. The van der Waals surface area contributed by atoms with E-state index in [1.807, 2.05) is 24.8 Å². The first-order valence-electron chi connectivity index (χ1n) is 10.3. The Bertz CT molecular complexity index is 1090. The smallest absolute Gasteiger partial charge is 0.137 e. The lowest BCUT2D eigenvalue weighted by Gasteiger charge is -2.22. The van der Waals surface area contributed by atoms with Gasteiger partial charge < -0.3 is 9.55 Å². The van der Waals surface area contributed by atoms with Crippen molar-refractivity contribution >= 4 is 23.2 Å². The highest BCUT2D eigenvalue weighted by Crippen LogP contribution is 2.29. The Morgan fingerprint density at radius 1 is 1.14 bits per heavy atom. The van der Waals surface area contributed by atoms with E-state index in [9.17, 15) is 4.39 Å². The van der Waals surface area contributed by atoms with Gasteiger partial charge >= 0.3 is 0 Å². The van der Waals surface area contributed by atoms with Gasteiger partial charge in [0.05, 0.1) is 17.0 Å². The highest BCUT2D eigenvalue weighted by atomic mass is 19.1. The highest BCUT2D eigenvalue weighted by molar-refractivity contribution is 5.88. The van der Waals surface area contributed by atoms with Crippen LogP contribution in [0.5, 0.6) is 0 Å². The Kier molecular flexibility index (Phi) is 4.59. The third kappa shape index (κ3) is 3.19. The number of imidazole rings is 1. The number of aromatic amines is 1. The molecule has 2 aromatic rings. The quantitative estimate of drug-likeness (QED) is 0.844. The van der Waals surface area contributed by atoms with Crippen LogP contribution in [0.3, 0.4) is 0 Å². The van der Waals surface area contributed by atoms with Gasteiger partial charge in [-0.2, -0.15) is 0 Å². The van der Waals surface area contributed by atoms with Crippen LogP contribution in [-0.2, 0) is 6.54 Å². The second kappa shape index (κ2) is 7.38. The van der Waals surface area contributed by atoms with E-state index >= 15 is 0 Å². The van der Waals surface area contributed by atoms with Gasteiger partial charge in [-0.15, -0.1) is 0 Å². The minimum absolute atomic E-state index is 0.169. The van der Waals surface area contributed by atoms with Crippen molar-refractivity contribution in [3.63, 3.8) is 0 Å². The van der Waals surface area contributed by atoms with Gasteiger partial charge in [-0.3, -0.25) is 0 Å². The van der Waals surface area contributed by atoms with E-state index in [1.54, 1.807) is 6.08 Å². The van der Waals surface area contributed by atoms with Gasteiger partial charge in [-0.25, -0.2) is 14.4 Å². The van der Waals surface area contributed by atoms with Gasteiger partial charge in [0.15, 0.2) is 0 Å². The summed E-state index contributed by atoms with van der Waals surface area (Å²) in [5.74, 6) is 1.45. The number of hydrogen-bond acceptors (Lipinski definition) is 2. The zero-order valence-electron chi connectivity index (χ0n) is 16.0. The second-order valence-electron chi connectivity index (χ2n) is 7.98. The Hall–Kier alpha value is -2.69. The summed E-state index contributed by atoms with van der Waals surface area (Å²) in [5, 5.41) is 2.15. The number of fused-ring (bicyclic) bond motifs is 1. The fourth-order valence-corrected chi connectivity index (χ4v) is 4.69. The van der Waals surface area contributed by atoms with Gasteiger partial charge in [0.2, 0.25) is 0 Å². The van der Waals surface area contributed by atoms with Crippen LogP contribution in [0.15, 0.2) is 47.6 Å². The van der Waals surface area contributed by atoms with E-state index in [0.29, 0.717) is 12.3 Å². The number of nitrogens with one attached hydrogen (secondary N) is 1. The molecule has 1 saturated carbocycles. The average molecular weight is 376 g/mol. The summed E-state index contributed by atoms with van der Waals surface area (Å²) < 4.78 is 15.8. The third-order valence-electron chi connectivity index (χ3n) is 6.13. The minimum Gasteiger partial charge on any atom is -0.346 e. The van der Waals surface area contributed by atoms with Gasteiger partial charge in [0.25, 0.3) is 0 Å². The lowest BCUT2D eigenvalue weighted by molar-refractivity contribution is 0.317. The first-order valence-corrected chi connectivity index (χ1v) is 10.3. The van der Waals surface area contributed by atoms with Crippen LogP contribution in [0.2, 0.25) is 0 Å². The average Bonchev–Trinajstić information content (AvgIpc) is 3.36. The molecule has 0 bridgehead atoms. The molecule has 3 heterocycles. The Morgan fingerprint density at radius 2 is 2.04 bits per heavy atom. The molecule has 0 aromatic carbocycles. The number of H-pyrrole nitrogens is 1. The summed E-state index contributed by atoms with van der Waals surface area (Å²) in [5.41, 5.74) is 3.48. The summed E-state index contributed by atoms with van der Waals surface area (Å²) in [4.78, 5) is 12.5. The zero-order chi connectivity index (χ0) is 18.9. The van der Waals surface area contributed by atoms with Crippen molar-refractivity contribution in [1.29, 1.82) is 0 Å². The predicted octanol–water partition coefficient (Wildman–Crippen LogP) is 4.06. The molecule has 1 fully saturated rings. The molecule has 0 unspecified atom stereocenters. The number of rotatable bonds is 2. The molecule has 0 saturated heterocycles. The first kappa shape index (κ1) is 17.4. The van der Waals surface area contributed by atoms with Crippen molar-refractivity contribution in [1.82, 2.24) is 14.5 Å². The molecule has 0 spiro atoms. The van der Waals surface area contributed by atoms with Crippen molar-refractivity contribution in [2.75, 3.05) is 0 Å². The molecule has 2 aromatic heterocycles. The van der Waals surface area contributed by atoms with Gasteiger partial charge in [0.1, 0.15) is 11.6 Å². The molecule has 0 atom stereocenters. The van der Waals surface area contributed by atoms with Crippen LogP contribution in [0.4, 0.5) is 10.2 Å². The summed E-state index contributed by atoms with van der Waals surface area (Å²) >= 11 is 0. The number of allylic oxidation sites excluding steroid dienone is 4. The molecule has 5 heteroatoms. The number of aromatic nitrogens is 3. The van der Waals surface area contributed by atoms with Gasteiger partial charge in [-0.1, -0.05) is 25.3 Å². The SMILES string of the molecule is FC1=CCC(=c2ncn(CC3CCCCC3)c2=C2CC=Nc3[nH]ccc32)C=C1. The molecule has 28 heavy (non-hydrogen) atoms. The lowest BCUT2D eigenvalue weighted by atomic mass is 9.89. The largest absolute Gasteiger partial charge is 0.346 e. The molecule has 0 radical (unpaired) electrons. The Labute approximate surface area is 163 Å². The second-order valence-corrected chi connectivity index (χ2v) is 7.98. The van der Waals surface area contributed by atoms with Crippen LogP contribution in [0.25, 0.3) is 11.1 Å². The van der Waals surface area contributed by atoms with Gasteiger partial charge in [0, 0.05) is 30.9 Å².